The molecule has 0 amide bonds. The van der Waals surface area contributed by atoms with Gasteiger partial charge in [0.25, 0.3) is 0 Å². The van der Waals surface area contributed by atoms with Gasteiger partial charge >= 0.3 is 0 Å². The first-order valence-electron chi connectivity index (χ1n) is 9.07. The van der Waals surface area contributed by atoms with Crippen LogP contribution in [0.1, 0.15) is 35.7 Å². The smallest absolute Gasteiger partial charge is 0.128 e. The summed E-state index contributed by atoms with van der Waals surface area (Å²) in [5.74, 6) is 2.60. The molecule has 1 fully saturated rings. The standard InChI is InChI=1S/C21H23N5/c1-2-17-7-8-20(24-14-17)25-11-4-6-19(16-25)21-23-10-12-26(21)15-18-5-3-9-22-13-18/h2-3,5,7-10,12-14,19H,1,4,6,11,15-16H2/t19-/m1/s1. The summed E-state index contributed by atoms with van der Waals surface area (Å²) in [7, 11) is 0. The van der Waals surface area contributed by atoms with E-state index >= 15 is 0 Å². The number of hydrogen-bond donors (Lipinski definition) is 0. The number of piperidine rings is 1. The lowest BCUT2D eigenvalue weighted by molar-refractivity contribution is 0.474. The van der Waals surface area contributed by atoms with Crippen molar-refractivity contribution in [2.45, 2.75) is 25.3 Å². The van der Waals surface area contributed by atoms with Crippen LogP contribution in [0.5, 0.6) is 0 Å². The van der Waals surface area contributed by atoms with Gasteiger partial charge in [0.15, 0.2) is 0 Å². The summed E-state index contributed by atoms with van der Waals surface area (Å²) in [6, 6.07) is 8.24. The summed E-state index contributed by atoms with van der Waals surface area (Å²) in [5.41, 5.74) is 2.25. The van der Waals surface area contributed by atoms with Crippen LogP contribution in [0.3, 0.4) is 0 Å². The van der Waals surface area contributed by atoms with Gasteiger partial charge in [-0.3, -0.25) is 4.98 Å². The Morgan fingerprint density at radius 2 is 2.12 bits per heavy atom. The first-order valence-corrected chi connectivity index (χ1v) is 9.07. The lowest BCUT2D eigenvalue weighted by Gasteiger charge is -2.33. The molecule has 4 heterocycles. The van der Waals surface area contributed by atoms with Gasteiger partial charge in [0, 0.05) is 50.0 Å². The highest BCUT2D eigenvalue weighted by Crippen LogP contribution is 2.28. The Balaban J connectivity index is 1.51. The van der Waals surface area contributed by atoms with E-state index in [0.29, 0.717) is 5.92 Å². The second kappa shape index (κ2) is 7.52. The van der Waals surface area contributed by atoms with Gasteiger partial charge in [-0.2, -0.15) is 0 Å². The molecule has 0 unspecified atom stereocenters. The van der Waals surface area contributed by atoms with E-state index in [0.717, 1.165) is 49.7 Å². The third kappa shape index (κ3) is 3.52. The molecule has 0 bridgehead atoms. The molecule has 4 rings (SSSR count). The molecule has 1 aliphatic heterocycles. The van der Waals surface area contributed by atoms with Crippen LogP contribution in [0.4, 0.5) is 5.82 Å². The number of anilines is 1. The summed E-state index contributed by atoms with van der Waals surface area (Å²) in [6.07, 6.45) is 13.7. The number of rotatable bonds is 5. The van der Waals surface area contributed by atoms with Crippen LogP contribution in [0.2, 0.25) is 0 Å². The average Bonchev–Trinajstić information content (AvgIpc) is 3.17. The quantitative estimate of drug-likeness (QED) is 0.706. The Labute approximate surface area is 154 Å². The van der Waals surface area contributed by atoms with E-state index in [1.54, 1.807) is 0 Å². The highest BCUT2D eigenvalue weighted by atomic mass is 15.2. The number of imidazole rings is 1. The van der Waals surface area contributed by atoms with Crippen LogP contribution in [-0.4, -0.2) is 32.6 Å². The van der Waals surface area contributed by atoms with E-state index in [1.807, 2.05) is 36.9 Å². The number of hydrogen-bond acceptors (Lipinski definition) is 4. The van der Waals surface area contributed by atoms with E-state index in [9.17, 15) is 0 Å². The normalized spacial score (nSPS) is 17.2. The number of pyridine rings is 2. The van der Waals surface area contributed by atoms with Crippen molar-refractivity contribution in [3.05, 3.63) is 78.8 Å². The molecule has 0 spiro atoms. The van der Waals surface area contributed by atoms with Gasteiger partial charge in [0.2, 0.25) is 0 Å². The van der Waals surface area contributed by atoms with Gasteiger partial charge in [-0.25, -0.2) is 9.97 Å². The van der Waals surface area contributed by atoms with E-state index in [4.69, 9.17) is 0 Å². The topological polar surface area (TPSA) is 46.8 Å². The molecule has 1 saturated heterocycles. The molecule has 0 aromatic carbocycles. The molecule has 0 radical (unpaired) electrons. The SMILES string of the molecule is C=Cc1ccc(N2CCC[C@@H](c3nccn3Cc3cccnc3)C2)nc1. The summed E-state index contributed by atoms with van der Waals surface area (Å²) >= 11 is 0. The van der Waals surface area contributed by atoms with E-state index in [2.05, 4.69) is 55.4 Å². The third-order valence-corrected chi connectivity index (χ3v) is 4.94. The second-order valence-electron chi connectivity index (χ2n) is 6.71. The number of nitrogens with zero attached hydrogens (tertiary/aromatic N) is 5. The summed E-state index contributed by atoms with van der Waals surface area (Å²) in [4.78, 5) is 15.9. The highest BCUT2D eigenvalue weighted by molar-refractivity contribution is 5.50. The molecule has 1 aliphatic rings. The molecule has 3 aromatic heterocycles. The minimum atomic E-state index is 0.413. The van der Waals surface area contributed by atoms with Crippen molar-refractivity contribution in [1.29, 1.82) is 0 Å². The molecule has 5 nitrogen and oxygen atoms in total. The van der Waals surface area contributed by atoms with Crippen molar-refractivity contribution in [2.75, 3.05) is 18.0 Å². The maximum Gasteiger partial charge on any atom is 0.128 e. The first kappa shape index (κ1) is 16.5. The minimum absolute atomic E-state index is 0.413. The fourth-order valence-corrected chi connectivity index (χ4v) is 3.60. The Morgan fingerprint density at radius 1 is 1.15 bits per heavy atom. The maximum atomic E-state index is 4.67. The summed E-state index contributed by atoms with van der Waals surface area (Å²) in [6.45, 7) is 6.60. The highest BCUT2D eigenvalue weighted by Gasteiger charge is 2.25. The fourth-order valence-electron chi connectivity index (χ4n) is 3.60. The minimum Gasteiger partial charge on any atom is -0.356 e. The Morgan fingerprint density at radius 3 is 2.88 bits per heavy atom. The van der Waals surface area contributed by atoms with Crippen molar-refractivity contribution in [1.82, 2.24) is 19.5 Å². The predicted molar refractivity (Wildman–Crippen MR) is 104 cm³/mol. The molecule has 0 aliphatic carbocycles. The van der Waals surface area contributed by atoms with Gasteiger partial charge < -0.3 is 9.47 Å². The monoisotopic (exact) mass is 345 g/mol. The Bertz CT molecular complexity index is 854. The molecule has 132 valence electrons. The van der Waals surface area contributed by atoms with Gasteiger partial charge in [0.1, 0.15) is 11.6 Å². The van der Waals surface area contributed by atoms with Gasteiger partial charge in [0.05, 0.1) is 6.54 Å². The van der Waals surface area contributed by atoms with Crippen LogP contribution in [0, 0.1) is 0 Å². The van der Waals surface area contributed by atoms with Crippen molar-refractivity contribution >= 4 is 11.9 Å². The van der Waals surface area contributed by atoms with Crippen molar-refractivity contribution in [2.24, 2.45) is 0 Å². The molecule has 1 atom stereocenters. The molecule has 0 N–H and O–H groups in total. The average molecular weight is 345 g/mol. The Kier molecular flexibility index (Phi) is 4.78. The van der Waals surface area contributed by atoms with Crippen LogP contribution < -0.4 is 4.90 Å². The van der Waals surface area contributed by atoms with Crippen molar-refractivity contribution in [3.63, 3.8) is 0 Å². The van der Waals surface area contributed by atoms with Crippen LogP contribution >= 0.6 is 0 Å². The van der Waals surface area contributed by atoms with Gasteiger partial charge in [-0.15, -0.1) is 0 Å². The summed E-state index contributed by atoms with van der Waals surface area (Å²) < 4.78 is 2.25. The van der Waals surface area contributed by atoms with Crippen molar-refractivity contribution in [3.8, 4) is 0 Å². The molecular weight excluding hydrogens is 322 g/mol. The van der Waals surface area contributed by atoms with Crippen LogP contribution in [0.15, 0.2) is 61.8 Å². The number of aromatic nitrogens is 4. The lowest BCUT2D eigenvalue weighted by Crippen LogP contribution is -2.36. The zero-order chi connectivity index (χ0) is 17.8. The lowest BCUT2D eigenvalue weighted by atomic mass is 9.97. The van der Waals surface area contributed by atoms with Crippen LogP contribution in [0.25, 0.3) is 6.08 Å². The first-order chi connectivity index (χ1) is 12.8. The van der Waals surface area contributed by atoms with E-state index in [1.165, 1.54) is 5.56 Å². The molecule has 3 aromatic rings. The predicted octanol–water partition coefficient (Wildman–Crippen LogP) is 3.75. The molecule has 0 saturated carbocycles. The molecule has 26 heavy (non-hydrogen) atoms. The maximum absolute atomic E-state index is 4.67. The summed E-state index contributed by atoms with van der Waals surface area (Å²) in [5, 5.41) is 0. The van der Waals surface area contributed by atoms with E-state index < -0.39 is 0 Å². The van der Waals surface area contributed by atoms with Crippen molar-refractivity contribution < 1.29 is 0 Å². The third-order valence-electron chi connectivity index (χ3n) is 4.94. The molecule has 5 heteroatoms. The van der Waals surface area contributed by atoms with Gasteiger partial charge in [-0.1, -0.05) is 18.7 Å². The van der Waals surface area contributed by atoms with E-state index in [-0.39, 0.29) is 0 Å². The largest absolute Gasteiger partial charge is 0.356 e. The zero-order valence-corrected chi connectivity index (χ0v) is 14.8. The second-order valence-corrected chi connectivity index (χ2v) is 6.71. The zero-order valence-electron chi connectivity index (χ0n) is 14.8. The molecular formula is C21H23N5. The van der Waals surface area contributed by atoms with Crippen LogP contribution in [-0.2, 0) is 6.54 Å². The fraction of sp³-hybridized carbons (Fsp3) is 0.286. The Hall–Kier alpha value is -2.95. The van der Waals surface area contributed by atoms with Gasteiger partial charge in [-0.05, 0) is 42.2 Å².